The van der Waals surface area contributed by atoms with Gasteiger partial charge in [-0.1, -0.05) is 11.2 Å². The fourth-order valence-electron chi connectivity index (χ4n) is 1.79. The van der Waals surface area contributed by atoms with Crippen molar-refractivity contribution in [3.63, 3.8) is 0 Å². The maximum absolute atomic E-state index is 5.67. The first-order chi connectivity index (χ1) is 9.22. The standard InChI is InChI=1S/C14H18N2O3/c1-10-7-12(19-16-10)9-18-13-4-3-11(5-6-15)8-14(13)17-2/h3-4,7-8H,5-6,9,15H2,1-2H3. The van der Waals surface area contributed by atoms with E-state index in [1.54, 1.807) is 7.11 Å². The van der Waals surface area contributed by atoms with Crippen LogP contribution >= 0.6 is 0 Å². The van der Waals surface area contributed by atoms with Crippen molar-refractivity contribution >= 4 is 0 Å². The van der Waals surface area contributed by atoms with E-state index in [1.165, 1.54) is 0 Å². The van der Waals surface area contributed by atoms with Crippen LogP contribution in [0.4, 0.5) is 0 Å². The van der Waals surface area contributed by atoms with Crippen LogP contribution in [-0.2, 0) is 13.0 Å². The van der Waals surface area contributed by atoms with E-state index in [4.69, 9.17) is 19.7 Å². The first kappa shape index (κ1) is 13.4. The van der Waals surface area contributed by atoms with E-state index < -0.39 is 0 Å². The molecule has 2 aromatic rings. The van der Waals surface area contributed by atoms with Crippen molar-refractivity contribution in [2.24, 2.45) is 5.73 Å². The summed E-state index contributed by atoms with van der Waals surface area (Å²) in [5, 5.41) is 3.81. The van der Waals surface area contributed by atoms with Gasteiger partial charge in [-0.05, 0) is 37.6 Å². The predicted molar refractivity (Wildman–Crippen MR) is 71.3 cm³/mol. The third-order valence-electron chi connectivity index (χ3n) is 2.71. The molecule has 1 aromatic heterocycles. The van der Waals surface area contributed by atoms with Crippen molar-refractivity contribution in [3.8, 4) is 11.5 Å². The van der Waals surface area contributed by atoms with Gasteiger partial charge in [-0.15, -0.1) is 0 Å². The van der Waals surface area contributed by atoms with E-state index in [0.717, 1.165) is 17.7 Å². The van der Waals surface area contributed by atoms with Gasteiger partial charge in [-0.3, -0.25) is 0 Å². The molecule has 0 saturated carbocycles. The SMILES string of the molecule is COc1cc(CCN)ccc1OCc1cc(C)no1. The molecule has 0 aliphatic heterocycles. The molecule has 0 spiro atoms. The van der Waals surface area contributed by atoms with Gasteiger partial charge in [-0.25, -0.2) is 0 Å². The average molecular weight is 262 g/mol. The van der Waals surface area contributed by atoms with Crippen molar-refractivity contribution in [2.45, 2.75) is 20.0 Å². The van der Waals surface area contributed by atoms with Crippen molar-refractivity contribution < 1.29 is 14.0 Å². The molecule has 0 fully saturated rings. The largest absolute Gasteiger partial charge is 0.493 e. The van der Waals surface area contributed by atoms with E-state index in [-0.39, 0.29) is 0 Å². The van der Waals surface area contributed by atoms with E-state index in [2.05, 4.69) is 5.16 Å². The zero-order valence-electron chi connectivity index (χ0n) is 11.2. The number of nitrogens with two attached hydrogens (primary N) is 1. The Morgan fingerprint density at radius 2 is 2.11 bits per heavy atom. The molecule has 0 amide bonds. The summed E-state index contributed by atoms with van der Waals surface area (Å²) < 4.78 is 16.1. The molecule has 0 saturated heterocycles. The van der Waals surface area contributed by atoms with Gasteiger partial charge in [0.05, 0.1) is 12.8 Å². The third-order valence-corrected chi connectivity index (χ3v) is 2.71. The zero-order chi connectivity index (χ0) is 13.7. The summed E-state index contributed by atoms with van der Waals surface area (Å²) in [6.45, 7) is 2.81. The van der Waals surface area contributed by atoms with Gasteiger partial charge in [0.25, 0.3) is 0 Å². The Kier molecular flexibility index (Phi) is 4.41. The van der Waals surface area contributed by atoms with Crippen LogP contribution in [0.3, 0.4) is 0 Å². The second-order valence-electron chi connectivity index (χ2n) is 4.25. The number of aromatic nitrogens is 1. The van der Waals surface area contributed by atoms with Gasteiger partial charge in [0, 0.05) is 6.07 Å². The molecule has 1 heterocycles. The molecule has 102 valence electrons. The van der Waals surface area contributed by atoms with Crippen LogP contribution in [0.1, 0.15) is 17.0 Å². The fourth-order valence-corrected chi connectivity index (χ4v) is 1.79. The summed E-state index contributed by atoms with van der Waals surface area (Å²) in [4.78, 5) is 0. The van der Waals surface area contributed by atoms with E-state index in [1.807, 2.05) is 31.2 Å². The molecular formula is C14H18N2O3. The number of methoxy groups -OCH3 is 1. The normalized spacial score (nSPS) is 10.5. The van der Waals surface area contributed by atoms with Gasteiger partial charge in [-0.2, -0.15) is 0 Å². The number of aryl methyl sites for hydroxylation is 1. The van der Waals surface area contributed by atoms with Gasteiger partial charge in [0.1, 0.15) is 6.61 Å². The van der Waals surface area contributed by atoms with Crippen LogP contribution in [0, 0.1) is 6.92 Å². The Labute approximate surface area is 112 Å². The lowest BCUT2D eigenvalue weighted by molar-refractivity contribution is 0.238. The Morgan fingerprint density at radius 3 is 2.74 bits per heavy atom. The molecule has 0 aliphatic carbocycles. The van der Waals surface area contributed by atoms with Gasteiger partial charge >= 0.3 is 0 Å². The minimum Gasteiger partial charge on any atom is -0.493 e. The Bertz CT molecular complexity index is 537. The molecule has 1 aromatic carbocycles. The topological polar surface area (TPSA) is 70.5 Å². The molecule has 0 unspecified atom stereocenters. The third kappa shape index (κ3) is 3.48. The van der Waals surface area contributed by atoms with E-state index in [9.17, 15) is 0 Å². The van der Waals surface area contributed by atoms with Crippen LogP contribution < -0.4 is 15.2 Å². The molecule has 0 radical (unpaired) electrons. The maximum atomic E-state index is 5.67. The number of ether oxygens (including phenoxy) is 2. The van der Waals surface area contributed by atoms with Crippen LogP contribution in [0.5, 0.6) is 11.5 Å². The second kappa shape index (κ2) is 6.24. The van der Waals surface area contributed by atoms with Gasteiger partial charge in [0.15, 0.2) is 17.3 Å². The highest BCUT2D eigenvalue weighted by Crippen LogP contribution is 2.29. The van der Waals surface area contributed by atoms with E-state index >= 15 is 0 Å². The van der Waals surface area contributed by atoms with Crippen molar-refractivity contribution in [3.05, 3.63) is 41.3 Å². The Hall–Kier alpha value is -2.01. The summed E-state index contributed by atoms with van der Waals surface area (Å²) in [7, 11) is 1.62. The minimum absolute atomic E-state index is 0.327. The average Bonchev–Trinajstić information content (AvgIpc) is 2.83. The summed E-state index contributed by atoms with van der Waals surface area (Å²) in [5.41, 5.74) is 7.50. The summed E-state index contributed by atoms with van der Waals surface area (Å²) in [6, 6.07) is 7.65. The molecule has 0 atom stereocenters. The van der Waals surface area contributed by atoms with Crippen molar-refractivity contribution in [2.75, 3.05) is 13.7 Å². The summed E-state index contributed by atoms with van der Waals surface area (Å²) >= 11 is 0. The predicted octanol–water partition coefficient (Wildman–Crippen LogP) is 2.07. The van der Waals surface area contributed by atoms with Crippen LogP contribution in [0.15, 0.2) is 28.8 Å². The monoisotopic (exact) mass is 262 g/mol. The maximum Gasteiger partial charge on any atom is 0.174 e. The molecular weight excluding hydrogens is 244 g/mol. The molecule has 2 rings (SSSR count). The van der Waals surface area contributed by atoms with Crippen molar-refractivity contribution in [1.82, 2.24) is 5.16 Å². The number of benzene rings is 1. The second-order valence-corrected chi connectivity index (χ2v) is 4.25. The molecule has 0 aliphatic rings. The van der Waals surface area contributed by atoms with Gasteiger partial charge in [0.2, 0.25) is 0 Å². The fraction of sp³-hybridized carbons (Fsp3) is 0.357. The molecule has 5 heteroatoms. The summed E-state index contributed by atoms with van der Waals surface area (Å²) in [6.07, 6.45) is 0.817. The van der Waals surface area contributed by atoms with Crippen LogP contribution in [0.2, 0.25) is 0 Å². The molecule has 5 nitrogen and oxygen atoms in total. The number of nitrogens with zero attached hydrogens (tertiary/aromatic N) is 1. The van der Waals surface area contributed by atoms with E-state index in [0.29, 0.717) is 30.4 Å². The molecule has 0 bridgehead atoms. The highest BCUT2D eigenvalue weighted by Gasteiger charge is 2.08. The number of rotatable bonds is 6. The minimum atomic E-state index is 0.327. The van der Waals surface area contributed by atoms with Crippen LogP contribution in [-0.4, -0.2) is 18.8 Å². The highest BCUT2D eigenvalue weighted by molar-refractivity contribution is 5.43. The lowest BCUT2D eigenvalue weighted by Crippen LogP contribution is -2.03. The van der Waals surface area contributed by atoms with Crippen LogP contribution in [0.25, 0.3) is 0 Å². The zero-order valence-corrected chi connectivity index (χ0v) is 11.2. The highest BCUT2D eigenvalue weighted by atomic mass is 16.5. The number of hydrogen-bond acceptors (Lipinski definition) is 5. The first-order valence-electron chi connectivity index (χ1n) is 6.15. The van der Waals surface area contributed by atoms with Crippen molar-refractivity contribution in [1.29, 1.82) is 0 Å². The Balaban J connectivity index is 2.06. The smallest absolute Gasteiger partial charge is 0.174 e. The summed E-state index contributed by atoms with van der Waals surface area (Å²) in [5.74, 6) is 2.06. The quantitative estimate of drug-likeness (QED) is 0.863. The number of hydrogen-bond donors (Lipinski definition) is 1. The molecule has 19 heavy (non-hydrogen) atoms. The van der Waals surface area contributed by atoms with Gasteiger partial charge < -0.3 is 19.7 Å². The Morgan fingerprint density at radius 1 is 1.26 bits per heavy atom. The lowest BCUT2D eigenvalue weighted by Gasteiger charge is -2.11. The molecule has 2 N–H and O–H groups in total. The first-order valence-corrected chi connectivity index (χ1v) is 6.15. The lowest BCUT2D eigenvalue weighted by atomic mass is 10.1.